The average Bonchev–Trinajstić information content (AvgIpc) is 3.39. The fourth-order valence-electron chi connectivity index (χ4n) is 4.76. The number of likely N-dealkylation sites (tertiary alicyclic amines) is 1. The van der Waals surface area contributed by atoms with Crippen LogP contribution < -0.4 is 5.32 Å². The molecule has 1 N–H and O–H groups in total. The van der Waals surface area contributed by atoms with Gasteiger partial charge in [-0.3, -0.25) is 24.1 Å². The first-order valence-electron chi connectivity index (χ1n) is 11.5. The van der Waals surface area contributed by atoms with E-state index in [9.17, 15) is 19.2 Å². The van der Waals surface area contributed by atoms with Crippen LogP contribution in [0.1, 0.15) is 57.0 Å². The molecule has 0 radical (unpaired) electrons. The van der Waals surface area contributed by atoms with Gasteiger partial charge in [-0.25, -0.2) is 0 Å². The standard InChI is InChI=1S/C26H25N3O5/c30-22(27-18-11-14-28(15-12-18)26(33)21-9-4-16-34-21)10-3-13-29-24(31)19-7-1-5-17-6-2-8-20(23(17)19)25(29)32/h1-2,4-9,16,18H,3,10-15H2,(H,27,30). The van der Waals surface area contributed by atoms with Crippen LogP contribution in [0.4, 0.5) is 0 Å². The highest BCUT2D eigenvalue weighted by Gasteiger charge is 2.32. The number of amides is 4. The normalized spacial score (nSPS) is 16.2. The molecule has 2 aromatic carbocycles. The zero-order chi connectivity index (χ0) is 23.7. The molecule has 2 aliphatic heterocycles. The van der Waals surface area contributed by atoms with Crippen molar-refractivity contribution in [2.75, 3.05) is 19.6 Å². The number of carbonyl (C=O) groups is 4. The van der Waals surface area contributed by atoms with E-state index < -0.39 is 0 Å². The molecule has 8 heteroatoms. The molecule has 0 saturated carbocycles. The van der Waals surface area contributed by atoms with Crippen molar-refractivity contribution in [1.29, 1.82) is 0 Å². The minimum atomic E-state index is -0.316. The van der Waals surface area contributed by atoms with Gasteiger partial charge in [-0.1, -0.05) is 24.3 Å². The first-order valence-corrected chi connectivity index (χ1v) is 11.5. The quantitative estimate of drug-likeness (QED) is 0.571. The van der Waals surface area contributed by atoms with Crippen molar-refractivity contribution in [1.82, 2.24) is 15.1 Å². The molecular formula is C26H25N3O5. The number of furan rings is 1. The lowest BCUT2D eigenvalue weighted by atomic mass is 9.94. The molecule has 4 amide bonds. The summed E-state index contributed by atoms with van der Waals surface area (Å²) in [5, 5.41) is 4.58. The summed E-state index contributed by atoms with van der Waals surface area (Å²) in [5.74, 6) is -0.562. The highest BCUT2D eigenvalue weighted by Crippen LogP contribution is 2.30. The van der Waals surface area contributed by atoms with Crippen molar-refractivity contribution in [2.24, 2.45) is 0 Å². The Balaban J connectivity index is 1.11. The van der Waals surface area contributed by atoms with E-state index in [0.717, 1.165) is 5.39 Å². The molecule has 0 bridgehead atoms. The van der Waals surface area contributed by atoms with E-state index in [2.05, 4.69) is 5.32 Å². The van der Waals surface area contributed by atoms with Gasteiger partial charge in [0.05, 0.1) is 6.26 Å². The summed E-state index contributed by atoms with van der Waals surface area (Å²) in [5.41, 5.74) is 1.04. The van der Waals surface area contributed by atoms with Crippen LogP contribution in [0.15, 0.2) is 59.2 Å². The lowest BCUT2D eigenvalue weighted by Gasteiger charge is -2.32. The van der Waals surface area contributed by atoms with Gasteiger partial charge in [0.2, 0.25) is 5.91 Å². The second kappa shape index (κ2) is 9.13. The van der Waals surface area contributed by atoms with Crippen LogP contribution in [0.5, 0.6) is 0 Å². The minimum Gasteiger partial charge on any atom is -0.459 e. The third kappa shape index (κ3) is 4.07. The van der Waals surface area contributed by atoms with Crippen LogP contribution >= 0.6 is 0 Å². The molecular weight excluding hydrogens is 434 g/mol. The molecule has 0 atom stereocenters. The number of carbonyl (C=O) groups excluding carboxylic acids is 4. The largest absolute Gasteiger partial charge is 0.459 e. The number of nitrogens with zero attached hydrogens (tertiary/aromatic N) is 2. The molecule has 34 heavy (non-hydrogen) atoms. The predicted molar refractivity (Wildman–Crippen MR) is 124 cm³/mol. The molecule has 1 aromatic heterocycles. The van der Waals surface area contributed by atoms with Crippen LogP contribution in [-0.2, 0) is 4.79 Å². The van der Waals surface area contributed by atoms with E-state index in [-0.39, 0.29) is 42.6 Å². The van der Waals surface area contributed by atoms with Gasteiger partial charge >= 0.3 is 0 Å². The van der Waals surface area contributed by atoms with Crippen LogP contribution in [0, 0.1) is 0 Å². The number of imide groups is 1. The van der Waals surface area contributed by atoms with Gasteiger partial charge in [-0.15, -0.1) is 0 Å². The topological polar surface area (TPSA) is 99.9 Å². The lowest BCUT2D eigenvalue weighted by Crippen LogP contribution is -2.46. The molecule has 3 heterocycles. The molecule has 1 saturated heterocycles. The summed E-state index contributed by atoms with van der Waals surface area (Å²) >= 11 is 0. The summed E-state index contributed by atoms with van der Waals surface area (Å²) in [7, 11) is 0. The van der Waals surface area contributed by atoms with Crippen molar-refractivity contribution < 1.29 is 23.6 Å². The average molecular weight is 460 g/mol. The predicted octanol–water partition coefficient (Wildman–Crippen LogP) is 3.23. The van der Waals surface area contributed by atoms with E-state index in [1.165, 1.54) is 11.2 Å². The molecule has 3 aromatic rings. The maximum absolute atomic E-state index is 12.9. The summed E-state index contributed by atoms with van der Waals surface area (Å²) < 4.78 is 5.17. The Morgan fingerprint density at radius 1 is 0.941 bits per heavy atom. The molecule has 0 spiro atoms. The zero-order valence-corrected chi connectivity index (χ0v) is 18.7. The highest BCUT2D eigenvalue weighted by atomic mass is 16.3. The van der Waals surface area contributed by atoms with Gasteiger partial charge in [0, 0.05) is 48.6 Å². The number of hydrogen-bond donors (Lipinski definition) is 1. The third-order valence-corrected chi connectivity index (χ3v) is 6.52. The summed E-state index contributed by atoms with van der Waals surface area (Å²) in [6, 6.07) is 14.2. The van der Waals surface area contributed by atoms with Crippen LogP contribution in [0.25, 0.3) is 10.8 Å². The Morgan fingerprint density at radius 3 is 2.24 bits per heavy atom. The van der Waals surface area contributed by atoms with E-state index in [0.29, 0.717) is 54.6 Å². The Labute approximate surface area is 196 Å². The van der Waals surface area contributed by atoms with Crippen LogP contribution in [0.2, 0.25) is 0 Å². The molecule has 0 unspecified atom stereocenters. The van der Waals surface area contributed by atoms with Gasteiger partial charge in [0.15, 0.2) is 5.76 Å². The lowest BCUT2D eigenvalue weighted by molar-refractivity contribution is -0.122. The van der Waals surface area contributed by atoms with E-state index in [1.807, 2.05) is 24.3 Å². The van der Waals surface area contributed by atoms with E-state index >= 15 is 0 Å². The maximum Gasteiger partial charge on any atom is 0.289 e. The first-order chi connectivity index (χ1) is 16.5. The number of piperidine rings is 1. The second-order valence-electron chi connectivity index (χ2n) is 8.69. The fourth-order valence-corrected chi connectivity index (χ4v) is 4.76. The number of hydrogen-bond acceptors (Lipinski definition) is 5. The zero-order valence-electron chi connectivity index (χ0n) is 18.7. The van der Waals surface area contributed by atoms with E-state index in [1.54, 1.807) is 29.2 Å². The van der Waals surface area contributed by atoms with Crippen LogP contribution in [0.3, 0.4) is 0 Å². The van der Waals surface area contributed by atoms with Crippen LogP contribution in [-0.4, -0.2) is 59.1 Å². The van der Waals surface area contributed by atoms with Crippen molar-refractivity contribution in [2.45, 2.75) is 31.7 Å². The Hall–Kier alpha value is -3.94. The van der Waals surface area contributed by atoms with Crippen molar-refractivity contribution in [3.63, 3.8) is 0 Å². The van der Waals surface area contributed by atoms with E-state index in [4.69, 9.17) is 4.42 Å². The Bertz CT molecular complexity index is 1210. The Morgan fingerprint density at radius 2 is 1.62 bits per heavy atom. The highest BCUT2D eigenvalue weighted by molar-refractivity contribution is 6.25. The molecule has 174 valence electrons. The van der Waals surface area contributed by atoms with Gasteiger partial charge in [0.1, 0.15) is 0 Å². The van der Waals surface area contributed by atoms with Crippen molar-refractivity contribution in [3.8, 4) is 0 Å². The number of nitrogens with one attached hydrogen (secondary N) is 1. The molecule has 1 fully saturated rings. The van der Waals surface area contributed by atoms with Crippen molar-refractivity contribution >= 4 is 34.4 Å². The third-order valence-electron chi connectivity index (χ3n) is 6.52. The van der Waals surface area contributed by atoms with Gasteiger partial charge in [-0.05, 0) is 48.9 Å². The minimum absolute atomic E-state index is 0.00381. The second-order valence-corrected chi connectivity index (χ2v) is 8.69. The molecule has 0 aliphatic carbocycles. The molecule has 5 rings (SSSR count). The SMILES string of the molecule is O=C(CCCN1C(=O)c2cccc3cccc(c23)C1=O)NC1CCN(C(=O)c2ccco2)CC1. The molecule has 2 aliphatic rings. The van der Waals surface area contributed by atoms with Gasteiger partial charge < -0.3 is 14.6 Å². The first kappa shape index (κ1) is 21.9. The summed E-state index contributed by atoms with van der Waals surface area (Å²) in [6.45, 7) is 1.28. The smallest absolute Gasteiger partial charge is 0.289 e. The van der Waals surface area contributed by atoms with Gasteiger partial charge in [-0.2, -0.15) is 0 Å². The maximum atomic E-state index is 12.9. The monoisotopic (exact) mass is 459 g/mol. The summed E-state index contributed by atoms with van der Waals surface area (Å²) in [4.78, 5) is 53.7. The fraction of sp³-hybridized carbons (Fsp3) is 0.308. The summed E-state index contributed by atoms with van der Waals surface area (Å²) in [6.07, 6.45) is 3.42. The van der Waals surface area contributed by atoms with Crippen molar-refractivity contribution in [3.05, 3.63) is 71.7 Å². The Kier molecular flexibility index (Phi) is 5.88. The number of benzene rings is 2. The number of rotatable bonds is 6. The van der Waals surface area contributed by atoms with Gasteiger partial charge in [0.25, 0.3) is 17.7 Å². The molecule has 8 nitrogen and oxygen atoms in total.